The van der Waals surface area contributed by atoms with Crippen molar-refractivity contribution in [1.29, 1.82) is 0 Å². The molecule has 1 aromatic rings. The molecule has 130 valence electrons. The summed E-state index contributed by atoms with van der Waals surface area (Å²) in [6.07, 6.45) is 4.68. The molecule has 1 saturated heterocycles. The van der Waals surface area contributed by atoms with E-state index in [-0.39, 0.29) is 37.3 Å². The van der Waals surface area contributed by atoms with E-state index in [4.69, 9.17) is 4.74 Å². The minimum atomic E-state index is -0.895. The third kappa shape index (κ3) is 4.02. The molecule has 2 rings (SSSR count). The molecule has 1 aliphatic heterocycles. The lowest BCUT2D eigenvalue weighted by Gasteiger charge is -2.40. The second-order valence-electron chi connectivity index (χ2n) is 6.13. The number of hydrogen-bond donors (Lipinski definition) is 0. The van der Waals surface area contributed by atoms with Crippen molar-refractivity contribution in [2.24, 2.45) is 5.41 Å². The van der Waals surface area contributed by atoms with Gasteiger partial charge in [0.2, 0.25) is 5.91 Å². The first-order valence-corrected chi connectivity index (χ1v) is 8.34. The minimum absolute atomic E-state index is 0.126. The Kier molecular flexibility index (Phi) is 6.12. The van der Waals surface area contributed by atoms with Crippen LogP contribution < -0.4 is 0 Å². The molecular weight excluding hydrogens is 309 g/mol. The van der Waals surface area contributed by atoms with Crippen LogP contribution in [0.2, 0.25) is 0 Å². The smallest absolute Gasteiger partial charge is 0.314 e. The molecule has 0 aliphatic carbocycles. The van der Waals surface area contributed by atoms with Crippen LogP contribution in [0.15, 0.2) is 36.4 Å². The van der Waals surface area contributed by atoms with Gasteiger partial charge in [0.15, 0.2) is 0 Å². The van der Waals surface area contributed by atoms with E-state index < -0.39 is 5.41 Å². The van der Waals surface area contributed by atoms with Gasteiger partial charge in [-0.15, -0.1) is 0 Å². The molecule has 1 amide bonds. The molecule has 24 heavy (non-hydrogen) atoms. The molecular formula is C19H24FNO3. The molecule has 1 aliphatic rings. The van der Waals surface area contributed by atoms with Crippen molar-refractivity contribution in [3.8, 4) is 0 Å². The van der Waals surface area contributed by atoms with E-state index in [2.05, 4.69) is 0 Å². The molecule has 0 bridgehead atoms. The number of rotatable bonds is 5. The largest absolute Gasteiger partial charge is 0.466 e. The number of halogens is 1. The molecule has 0 saturated carbocycles. The highest BCUT2D eigenvalue weighted by Crippen LogP contribution is 2.36. The summed E-state index contributed by atoms with van der Waals surface area (Å²) in [5.41, 5.74) is -0.417. The molecule has 4 nitrogen and oxygen atoms in total. The minimum Gasteiger partial charge on any atom is -0.466 e. The summed E-state index contributed by atoms with van der Waals surface area (Å²) in [4.78, 5) is 26.5. The zero-order chi connectivity index (χ0) is 17.6. The van der Waals surface area contributed by atoms with Gasteiger partial charge in [-0.05, 0) is 50.8 Å². The monoisotopic (exact) mass is 333 g/mol. The van der Waals surface area contributed by atoms with Gasteiger partial charge in [0, 0.05) is 13.1 Å². The SMILES string of the molecule is C/C=C/C(=O)N1CCC[C@@](Cc2ccccc2F)(C(=O)OCC)C1. The zero-order valence-electron chi connectivity index (χ0n) is 14.3. The summed E-state index contributed by atoms with van der Waals surface area (Å²) in [7, 11) is 0. The first-order valence-electron chi connectivity index (χ1n) is 8.34. The summed E-state index contributed by atoms with van der Waals surface area (Å²) >= 11 is 0. The second-order valence-corrected chi connectivity index (χ2v) is 6.13. The Hall–Kier alpha value is -2.17. The third-order valence-corrected chi connectivity index (χ3v) is 4.39. The molecule has 5 heteroatoms. The molecule has 0 N–H and O–H groups in total. The average molecular weight is 333 g/mol. The van der Waals surface area contributed by atoms with Crippen LogP contribution in [0.3, 0.4) is 0 Å². The highest BCUT2D eigenvalue weighted by atomic mass is 19.1. The van der Waals surface area contributed by atoms with Crippen molar-refractivity contribution in [1.82, 2.24) is 4.90 Å². The standard InChI is InChI=1S/C19H24FNO3/c1-3-8-17(22)21-12-7-11-19(14-21,18(23)24-4-2)13-15-9-5-6-10-16(15)20/h3,5-6,8-10H,4,7,11-14H2,1-2H3/b8-3+/t19-/m0/s1. The summed E-state index contributed by atoms with van der Waals surface area (Å²) in [6.45, 7) is 4.64. The number of amides is 1. The van der Waals surface area contributed by atoms with Crippen LogP contribution in [-0.2, 0) is 20.7 Å². The van der Waals surface area contributed by atoms with Crippen molar-refractivity contribution in [3.63, 3.8) is 0 Å². The fourth-order valence-corrected chi connectivity index (χ4v) is 3.24. The van der Waals surface area contributed by atoms with Crippen molar-refractivity contribution >= 4 is 11.9 Å². The first-order chi connectivity index (χ1) is 11.5. The number of hydrogen-bond acceptors (Lipinski definition) is 3. The Morgan fingerprint density at radius 3 is 2.79 bits per heavy atom. The summed E-state index contributed by atoms with van der Waals surface area (Å²) in [5.74, 6) is -0.816. The van der Waals surface area contributed by atoms with E-state index in [1.807, 2.05) is 0 Å². The van der Waals surface area contributed by atoms with Gasteiger partial charge < -0.3 is 9.64 Å². The maximum atomic E-state index is 14.1. The lowest BCUT2D eigenvalue weighted by Crippen LogP contribution is -2.51. The van der Waals surface area contributed by atoms with Crippen LogP contribution in [0.5, 0.6) is 0 Å². The van der Waals surface area contributed by atoms with Crippen LogP contribution in [0.1, 0.15) is 32.3 Å². The van der Waals surface area contributed by atoms with Gasteiger partial charge in [-0.1, -0.05) is 24.3 Å². The number of carbonyl (C=O) groups is 2. The van der Waals surface area contributed by atoms with E-state index >= 15 is 0 Å². The Morgan fingerprint density at radius 2 is 2.12 bits per heavy atom. The van der Waals surface area contributed by atoms with Gasteiger partial charge in [-0.2, -0.15) is 0 Å². The Bertz CT molecular complexity index is 629. The summed E-state index contributed by atoms with van der Waals surface area (Å²) in [5, 5.41) is 0. The fraction of sp³-hybridized carbons (Fsp3) is 0.474. The number of carbonyl (C=O) groups excluding carboxylic acids is 2. The van der Waals surface area contributed by atoms with Gasteiger partial charge in [0.25, 0.3) is 0 Å². The summed E-state index contributed by atoms with van der Waals surface area (Å²) < 4.78 is 19.4. The number of benzene rings is 1. The third-order valence-electron chi connectivity index (χ3n) is 4.39. The molecule has 0 spiro atoms. The maximum absolute atomic E-state index is 14.1. The average Bonchev–Trinajstić information content (AvgIpc) is 2.57. The van der Waals surface area contributed by atoms with Gasteiger partial charge in [-0.3, -0.25) is 9.59 Å². The first kappa shape index (κ1) is 18.2. The molecule has 1 fully saturated rings. The van der Waals surface area contributed by atoms with Crippen LogP contribution in [0.25, 0.3) is 0 Å². The van der Waals surface area contributed by atoms with Crippen molar-refractivity contribution in [2.75, 3.05) is 19.7 Å². The van der Waals surface area contributed by atoms with Gasteiger partial charge in [0.1, 0.15) is 5.82 Å². The van der Waals surface area contributed by atoms with Crippen molar-refractivity contribution < 1.29 is 18.7 Å². The van der Waals surface area contributed by atoms with Gasteiger partial charge >= 0.3 is 5.97 Å². The fourth-order valence-electron chi connectivity index (χ4n) is 3.24. The van der Waals surface area contributed by atoms with E-state index in [0.29, 0.717) is 24.9 Å². The molecule has 1 atom stereocenters. The molecule has 0 radical (unpaired) electrons. The van der Waals surface area contributed by atoms with E-state index in [1.165, 1.54) is 12.1 Å². The number of ether oxygens (including phenoxy) is 1. The quantitative estimate of drug-likeness (QED) is 0.614. The number of allylic oxidation sites excluding steroid dienone is 1. The van der Waals surface area contributed by atoms with Gasteiger partial charge in [0.05, 0.1) is 12.0 Å². The number of likely N-dealkylation sites (tertiary alicyclic amines) is 1. The normalized spacial score (nSPS) is 21.0. The van der Waals surface area contributed by atoms with E-state index in [9.17, 15) is 14.0 Å². The molecule has 1 heterocycles. The molecule has 0 unspecified atom stereocenters. The summed E-state index contributed by atoms with van der Waals surface area (Å²) in [6, 6.07) is 6.45. The zero-order valence-corrected chi connectivity index (χ0v) is 14.3. The van der Waals surface area contributed by atoms with Crippen molar-refractivity contribution in [2.45, 2.75) is 33.1 Å². The molecule has 1 aromatic carbocycles. The van der Waals surface area contributed by atoms with Crippen LogP contribution in [0.4, 0.5) is 4.39 Å². The Labute approximate surface area is 142 Å². The van der Waals surface area contributed by atoms with E-state index in [1.54, 1.807) is 43.0 Å². The van der Waals surface area contributed by atoms with Crippen LogP contribution in [-0.4, -0.2) is 36.5 Å². The number of piperidine rings is 1. The number of nitrogens with zero attached hydrogens (tertiary/aromatic N) is 1. The van der Waals surface area contributed by atoms with Crippen molar-refractivity contribution in [3.05, 3.63) is 47.8 Å². The highest BCUT2D eigenvalue weighted by molar-refractivity contribution is 5.88. The predicted molar refractivity (Wildman–Crippen MR) is 89.8 cm³/mol. The lowest BCUT2D eigenvalue weighted by molar-refractivity contribution is -0.160. The topological polar surface area (TPSA) is 46.6 Å². The maximum Gasteiger partial charge on any atom is 0.314 e. The van der Waals surface area contributed by atoms with Crippen LogP contribution in [0, 0.1) is 11.2 Å². The highest BCUT2D eigenvalue weighted by Gasteiger charge is 2.44. The molecule has 0 aromatic heterocycles. The predicted octanol–water partition coefficient (Wildman–Crippen LogP) is 3.12. The van der Waals surface area contributed by atoms with Crippen LogP contribution >= 0.6 is 0 Å². The second kappa shape index (κ2) is 8.08. The number of esters is 1. The van der Waals surface area contributed by atoms with Gasteiger partial charge in [-0.25, -0.2) is 4.39 Å². The Morgan fingerprint density at radius 1 is 1.38 bits per heavy atom. The Balaban J connectivity index is 2.31. The van der Waals surface area contributed by atoms with E-state index in [0.717, 1.165) is 0 Å². The lowest BCUT2D eigenvalue weighted by atomic mass is 9.75.